The summed E-state index contributed by atoms with van der Waals surface area (Å²) in [6.45, 7) is 11.4. The van der Waals surface area contributed by atoms with Gasteiger partial charge in [0.2, 0.25) is 0 Å². The summed E-state index contributed by atoms with van der Waals surface area (Å²) in [5.41, 5.74) is 8.55. The molecule has 4 aromatic rings. The van der Waals surface area contributed by atoms with Crippen LogP contribution >= 0.6 is 0 Å². The monoisotopic (exact) mass is 517 g/mol. The van der Waals surface area contributed by atoms with E-state index in [1.807, 2.05) is 18.6 Å². The number of fused-ring (bicyclic) bond motifs is 1. The third kappa shape index (κ3) is 7.86. The lowest BCUT2D eigenvalue weighted by Crippen LogP contribution is -2.24. The molecular weight excluding hydrogens is 478 g/mol. The Hall–Kier alpha value is -4.27. The molecule has 0 bridgehead atoms. The van der Waals surface area contributed by atoms with Gasteiger partial charge in [-0.3, -0.25) is 14.9 Å². The molecule has 0 aliphatic rings. The van der Waals surface area contributed by atoms with Crippen molar-refractivity contribution in [3.8, 4) is 35.2 Å². The molecule has 5 nitrogen and oxygen atoms in total. The first-order valence-electron chi connectivity index (χ1n) is 13.5. The average Bonchev–Trinajstić information content (AvgIpc) is 3.47. The Labute approximate surface area is 233 Å². The zero-order chi connectivity index (χ0) is 28.0. The van der Waals surface area contributed by atoms with Gasteiger partial charge in [0.15, 0.2) is 0 Å². The number of H-pyrrole nitrogens is 1. The second-order valence-corrected chi connectivity index (χ2v) is 9.33. The average molecular weight is 518 g/mol. The van der Waals surface area contributed by atoms with Gasteiger partial charge in [-0.2, -0.15) is 0 Å². The van der Waals surface area contributed by atoms with Crippen molar-refractivity contribution < 1.29 is 0 Å². The van der Waals surface area contributed by atoms with E-state index in [9.17, 15) is 0 Å². The van der Waals surface area contributed by atoms with E-state index < -0.39 is 0 Å². The summed E-state index contributed by atoms with van der Waals surface area (Å²) in [6, 6.07) is 10.8. The zero-order valence-corrected chi connectivity index (χ0v) is 23.6. The molecule has 0 atom stereocenters. The maximum absolute atomic E-state index is 4.75. The number of imidazole rings is 1. The van der Waals surface area contributed by atoms with Crippen LogP contribution in [0, 0.1) is 12.8 Å². The fourth-order valence-electron chi connectivity index (χ4n) is 4.48. The molecule has 3 aromatic heterocycles. The van der Waals surface area contributed by atoms with Crippen LogP contribution in [0.4, 0.5) is 0 Å². The van der Waals surface area contributed by atoms with Crippen molar-refractivity contribution in [3.63, 3.8) is 0 Å². The summed E-state index contributed by atoms with van der Waals surface area (Å²) in [6.07, 6.45) is 28.4. The smallest absolute Gasteiger partial charge is 0.0932 e. The first-order valence-corrected chi connectivity index (χ1v) is 13.5. The molecule has 0 aliphatic carbocycles. The van der Waals surface area contributed by atoms with Crippen LogP contribution < -0.4 is 0 Å². The number of nitrogens with one attached hydrogen (secondary N) is 1. The molecule has 0 spiro atoms. The maximum Gasteiger partial charge on any atom is 0.0932 e. The molecule has 200 valence electrons. The Bertz CT molecular complexity index is 1450. The van der Waals surface area contributed by atoms with Crippen LogP contribution in [0.25, 0.3) is 38.9 Å². The molecule has 0 saturated heterocycles. The predicted octanol–water partition coefficient (Wildman–Crippen LogP) is 8.09. The van der Waals surface area contributed by atoms with Crippen LogP contribution in [0.3, 0.4) is 0 Å². The standard InChI is InChI=1S/C32H37N5.C2H2/c1-5-8-10-11-24(4)31-32(36-23-35-31)26-12-13-30-27(17-26)18-29(21-34-30)28-16-25(19-33-20-28)22-37(14-7-3)15-9-6-2;1-2/h6,8-13,16-21,23H,5,7,14-15,22H2,1-4H3,(H,35,36);1-2H/b9-6-,10-8-,24-11+;. The Morgan fingerprint density at radius 1 is 0.974 bits per heavy atom. The number of aromatic amines is 1. The number of hydrogen-bond acceptors (Lipinski definition) is 4. The van der Waals surface area contributed by atoms with Crippen LogP contribution in [0.2, 0.25) is 0 Å². The molecule has 1 N–H and O–H groups in total. The largest absolute Gasteiger partial charge is 0.344 e. The highest BCUT2D eigenvalue weighted by Gasteiger charge is 2.12. The topological polar surface area (TPSA) is 57.7 Å². The summed E-state index contributed by atoms with van der Waals surface area (Å²) in [4.78, 5) is 19.7. The van der Waals surface area contributed by atoms with Gasteiger partial charge in [0.05, 0.1) is 23.2 Å². The highest BCUT2D eigenvalue weighted by atomic mass is 15.1. The minimum Gasteiger partial charge on any atom is -0.344 e. The number of hydrogen-bond donors (Lipinski definition) is 1. The van der Waals surface area contributed by atoms with E-state index in [1.165, 1.54) is 5.56 Å². The van der Waals surface area contributed by atoms with Gasteiger partial charge in [0.25, 0.3) is 0 Å². The molecule has 39 heavy (non-hydrogen) atoms. The third-order valence-electron chi connectivity index (χ3n) is 6.37. The van der Waals surface area contributed by atoms with Gasteiger partial charge < -0.3 is 4.98 Å². The first kappa shape index (κ1) is 29.3. The first-order chi connectivity index (χ1) is 19.1. The lowest BCUT2D eigenvalue weighted by atomic mass is 10.0. The second kappa shape index (κ2) is 15.2. The molecular formula is C34H39N5. The summed E-state index contributed by atoms with van der Waals surface area (Å²) >= 11 is 0. The van der Waals surface area contributed by atoms with Crippen LogP contribution in [-0.2, 0) is 6.54 Å². The Morgan fingerprint density at radius 2 is 1.77 bits per heavy atom. The number of allylic oxidation sites excluding steroid dienone is 5. The van der Waals surface area contributed by atoms with Crippen molar-refractivity contribution in [1.82, 2.24) is 24.8 Å². The summed E-state index contributed by atoms with van der Waals surface area (Å²) in [5, 5.41) is 1.09. The number of rotatable bonds is 11. The third-order valence-corrected chi connectivity index (χ3v) is 6.37. The maximum atomic E-state index is 4.75. The molecule has 0 radical (unpaired) electrons. The number of aromatic nitrogens is 4. The van der Waals surface area contributed by atoms with Gasteiger partial charge in [-0.05, 0) is 68.6 Å². The fourth-order valence-corrected chi connectivity index (χ4v) is 4.48. The Kier molecular flexibility index (Phi) is 11.4. The summed E-state index contributed by atoms with van der Waals surface area (Å²) < 4.78 is 0. The Morgan fingerprint density at radius 3 is 2.54 bits per heavy atom. The van der Waals surface area contributed by atoms with Crippen molar-refractivity contribution in [1.29, 1.82) is 0 Å². The van der Waals surface area contributed by atoms with E-state index in [0.717, 1.165) is 77.0 Å². The van der Waals surface area contributed by atoms with Crippen molar-refractivity contribution in [3.05, 3.63) is 96.9 Å². The molecule has 3 heterocycles. The molecule has 0 saturated carbocycles. The number of nitrogens with zero attached hydrogens (tertiary/aromatic N) is 4. The normalized spacial score (nSPS) is 11.9. The van der Waals surface area contributed by atoms with Gasteiger partial charge in [-0.15, -0.1) is 12.8 Å². The molecule has 0 unspecified atom stereocenters. The predicted molar refractivity (Wildman–Crippen MR) is 166 cm³/mol. The quantitative estimate of drug-likeness (QED) is 0.124. The lowest BCUT2D eigenvalue weighted by Gasteiger charge is -2.20. The molecule has 0 amide bonds. The van der Waals surface area contributed by atoms with E-state index in [-0.39, 0.29) is 0 Å². The van der Waals surface area contributed by atoms with E-state index in [1.54, 1.807) is 6.33 Å². The molecule has 5 heteroatoms. The van der Waals surface area contributed by atoms with Gasteiger partial charge in [0, 0.05) is 53.8 Å². The summed E-state index contributed by atoms with van der Waals surface area (Å²) in [5.74, 6) is 0. The lowest BCUT2D eigenvalue weighted by molar-refractivity contribution is 0.294. The van der Waals surface area contributed by atoms with Gasteiger partial charge >= 0.3 is 0 Å². The van der Waals surface area contributed by atoms with E-state index >= 15 is 0 Å². The molecule has 4 rings (SSSR count). The van der Waals surface area contributed by atoms with Crippen LogP contribution in [0.15, 0.2) is 85.6 Å². The number of benzene rings is 1. The highest BCUT2D eigenvalue weighted by Crippen LogP contribution is 2.30. The van der Waals surface area contributed by atoms with Gasteiger partial charge in [-0.1, -0.05) is 50.3 Å². The van der Waals surface area contributed by atoms with Crippen LogP contribution in [0.1, 0.15) is 51.8 Å². The molecule has 0 aliphatic heterocycles. The minimum atomic E-state index is 0.882. The minimum absolute atomic E-state index is 0.882. The van der Waals surface area contributed by atoms with Crippen molar-refractivity contribution in [2.75, 3.05) is 13.1 Å². The van der Waals surface area contributed by atoms with E-state index in [0.29, 0.717) is 0 Å². The molecule has 0 fully saturated rings. The SMILES string of the molecule is C#C.C/C=C\CN(CCC)Cc1cncc(-c2cnc3ccc(-c4[nH]cnc4/C(C)=C/C=C\CC)cc3c2)c1. The second-order valence-electron chi connectivity index (χ2n) is 9.33. The van der Waals surface area contributed by atoms with Crippen molar-refractivity contribution >= 4 is 16.5 Å². The van der Waals surface area contributed by atoms with Gasteiger partial charge in [0.1, 0.15) is 0 Å². The fraction of sp³-hybridized carbons (Fsp3) is 0.265. The van der Waals surface area contributed by atoms with E-state index in [4.69, 9.17) is 4.98 Å². The van der Waals surface area contributed by atoms with Gasteiger partial charge in [-0.25, -0.2) is 4.98 Å². The number of pyridine rings is 2. The number of terminal acetylenes is 1. The summed E-state index contributed by atoms with van der Waals surface area (Å²) in [7, 11) is 0. The van der Waals surface area contributed by atoms with Crippen LogP contribution in [-0.4, -0.2) is 37.9 Å². The zero-order valence-electron chi connectivity index (χ0n) is 23.6. The highest BCUT2D eigenvalue weighted by molar-refractivity contribution is 5.89. The Balaban J connectivity index is 0.00000205. The van der Waals surface area contributed by atoms with E-state index in [2.05, 4.69) is 121 Å². The van der Waals surface area contributed by atoms with Crippen molar-refractivity contribution in [2.24, 2.45) is 0 Å². The molecule has 1 aromatic carbocycles. The van der Waals surface area contributed by atoms with Crippen molar-refractivity contribution in [2.45, 2.75) is 47.1 Å². The van der Waals surface area contributed by atoms with Crippen LogP contribution in [0.5, 0.6) is 0 Å².